The van der Waals surface area contributed by atoms with Crippen molar-refractivity contribution in [3.8, 4) is 6.07 Å². The first-order valence-electron chi connectivity index (χ1n) is 20.3. The number of rotatable bonds is 28. The number of nitrogens with two attached hydrogens (primary N) is 1. The lowest BCUT2D eigenvalue weighted by Crippen LogP contribution is -2.39. The Hall–Kier alpha value is -3.29. The van der Waals surface area contributed by atoms with Crippen LogP contribution in [0.15, 0.2) is 48.8 Å². The van der Waals surface area contributed by atoms with Crippen LogP contribution in [0.4, 0.5) is 10.2 Å². The third kappa shape index (κ3) is 14.5. The number of ether oxygens (including phenoxy) is 3. The number of phosphoric ester groups is 1. The molecule has 0 amide bonds. The van der Waals surface area contributed by atoms with Crippen LogP contribution in [0.2, 0.25) is 0 Å². The van der Waals surface area contributed by atoms with Crippen molar-refractivity contribution in [3.05, 3.63) is 71.4 Å². The topological polar surface area (TPSA) is 204 Å². The molecule has 2 aromatic heterocycles. The number of nitrogens with zero attached hydrogens (tertiary/aromatic N) is 4. The van der Waals surface area contributed by atoms with Gasteiger partial charge in [0.2, 0.25) is 0 Å². The standard InChI is InChI=1S/C41H61FN5O9P/c1-3-4-5-6-7-8-9-10-11-12-13-14-15-16-17-18-23-52-27-33(53-26-32-20-19-31(25-43)24-34(32)42)28-54-57(50,51)55-29-36-38(48)39(49)41(2,56-36)37-22-21-35-40(44)45-30-46-47(35)37/h10-11,19-22,24,30,33,36,38-39,48-49H,3-9,12-18,23,26-29H2,1-2H3,(H,50,51)(H2,44,45,46)/b11-10+/t33-,36-,38-,39-,41+/m1/s1. The molecule has 4 rings (SSSR count). The molecule has 3 heterocycles. The molecule has 16 heteroatoms. The summed E-state index contributed by atoms with van der Waals surface area (Å²) in [5.41, 5.74) is 5.65. The van der Waals surface area contributed by atoms with E-state index in [-0.39, 0.29) is 30.2 Å². The van der Waals surface area contributed by atoms with Crippen molar-refractivity contribution in [2.75, 3.05) is 32.2 Å². The smallest absolute Gasteiger partial charge is 0.387 e. The number of unbranched alkanes of at least 4 members (excludes halogenated alkanes) is 12. The van der Waals surface area contributed by atoms with Crippen LogP contribution < -0.4 is 5.73 Å². The predicted octanol–water partition coefficient (Wildman–Crippen LogP) is 7.43. The van der Waals surface area contributed by atoms with Crippen molar-refractivity contribution in [2.24, 2.45) is 0 Å². The van der Waals surface area contributed by atoms with Crippen molar-refractivity contribution in [2.45, 2.75) is 140 Å². The number of anilines is 1. The molecule has 3 aromatic rings. The summed E-state index contributed by atoms with van der Waals surface area (Å²) >= 11 is 0. The Bertz CT molecular complexity index is 1770. The van der Waals surface area contributed by atoms with E-state index in [1.807, 2.05) is 6.07 Å². The van der Waals surface area contributed by atoms with Gasteiger partial charge in [0, 0.05) is 12.2 Å². The van der Waals surface area contributed by atoms with Gasteiger partial charge in [-0.1, -0.05) is 82.9 Å². The van der Waals surface area contributed by atoms with Gasteiger partial charge in [0.1, 0.15) is 47.7 Å². The Balaban J connectivity index is 1.19. The van der Waals surface area contributed by atoms with E-state index in [1.54, 1.807) is 19.1 Å². The largest absolute Gasteiger partial charge is 0.472 e. The third-order valence-electron chi connectivity index (χ3n) is 10.2. The zero-order chi connectivity index (χ0) is 41.1. The Labute approximate surface area is 335 Å². The molecule has 1 aliphatic rings. The quantitative estimate of drug-likeness (QED) is 0.0320. The molecular formula is C41H61FN5O9P. The molecule has 1 saturated heterocycles. The third-order valence-corrected chi connectivity index (χ3v) is 11.2. The summed E-state index contributed by atoms with van der Waals surface area (Å²) in [6.07, 6.45) is 17.5. The van der Waals surface area contributed by atoms with Crippen LogP contribution in [0.5, 0.6) is 0 Å². The zero-order valence-corrected chi connectivity index (χ0v) is 34.2. The molecule has 14 nitrogen and oxygen atoms in total. The molecule has 0 spiro atoms. The number of allylic oxidation sites excluding steroid dienone is 2. The molecule has 0 aliphatic carbocycles. The number of aromatic nitrogens is 3. The lowest BCUT2D eigenvalue weighted by molar-refractivity contribution is -0.0901. The molecule has 1 aromatic carbocycles. The molecule has 0 saturated carbocycles. The SMILES string of the molecule is CCCCCCCC/C=C/CCCCCCCCOC[C@H](COP(=O)(O)OC[C@H]1O[C@@](C)(c2ccc3c(N)ncnn23)[C@H](O)[C@@H]1O)OCc1ccc(C#N)cc1F. The summed E-state index contributed by atoms with van der Waals surface area (Å²) < 4.78 is 57.2. The van der Waals surface area contributed by atoms with E-state index < -0.39 is 56.9 Å². The van der Waals surface area contributed by atoms with Gasteiger partial charge in [-0.25, -0.2) is 18.5 Å². The van der Waals surface area contributed by atoms with Gasteiger partial charge in [0.15, 0.2) is 5.82 Å². The van der Waals surface area contributed by atoms with Gasteiger partial charge >= 0.3 is 7.82 Å². The average molecular weight is 818 g/mol. The van der Waals surface area contributed by atoms with Crippen molar-refractivity contribution >= 4 is 19.2 Å². The first-order chi connectivity index (χ1) is 27.5. The van der Waals surface area contributed by atoms with Crippen molar-refractivity contribution in [1.29, 1.82) is 5.26 Å². The minimum Gasteiger partial charge on any atom is -0.387 e. The van der Waals surface area contributed by atoms with Gasteiger partial charge in [-0.15, -0.1) is 0 Å². The van der Waals surface area contributed by atoms with Gasteiger partial charge in [0.25, 0.3) is 0 Å². The number of nitriles is 1. The highest BCUT2D eigenvalue weighted by molar-refractivity contribution is 7.47. The van der Waals surface area contributed by atoms with Crippen LogP contribution in [0.25, 0.3) is 5.52 Å². The molecule has 5 N–H and O–H groups in total. The molecule has 57 heavy (non-hydrogen) atoms. The zero-order valence-electron chi connectivity index (χ0n) is 33.3. The van der Waals surface area contributed by atoms with Crippen LogP contribution in [0.1, 0.15) is 121 Å². The monoisotopic (exact) mass is 817 g/mol. The minimum absolute atomic E-state index is 0.00267. The summed E-state index contributed by atoms with van der Waals surface area (Å²) in [5, 5.41) is 35.1. The summed E-state index contributed by atoms with van der Waals surface area (Å²) in [5.74, 6) is -0.414. The number of aliphatic hydroxyl groups excluding tert-OH is 2. The van der Waals surface area contributed by atoms with Crippen LogP contribution >= 0.6 is 7.82 Å². The lowest BCUT2D eigenvalue weighted by Gasteiger charge is -2.27. The second-order valence-electron chi connectivity index (χ2n) is 14.8. The summed E-state index contributed by atoms with van der Waals surface area (Å²) in [4.78, 5) is 14.5. The lowest BCUT2D eigenvalue weighted by atomic mass is 9.93. The minimum atomic E-state index is -4.75. The van der Waals surface area contributed by atoms with Crippen LogP contribution in [-0.4, -0.2) is 80.5 Å². The first-order valence-corrected chi connectivity index (χ1v) is 21.8. The fraction of sp³-hybridized carbons (Fsp3) is 0.634. The number of hydrogen-bond donors (Lipinski definition) is 4. The Morgan fingerprint density at radius 3 is 2.39 bits per heavy atom. The molecule has 6 atom stereocenters. The maximum absolute atomic E-state index is 14.6. The number of halogens is 1. The normalized spacial score (nSPS) is 21.3. The van der Waals surface area contributed by atoms with E-state index in [1.165, 1.54) is 80.8 Å². The van der Waals surface area contributed by atoms with Gasteiger partial charge in [-0.3, -0.25) is 9.05 Å². The summed E-state index contributed by atoms with van der Waals surface area (Å²) in [7, 11) is -4.75. The number of nitrogen functional groups attached to an aromatic ring is 1. The van der Waals surface area contributed by atoms with Crippen molar-refractivity contribution in [3.63, 3.8) is 0 Å². The highest BCUT2D eigenvalue weighted by Gasteiger charge is 2.54. The molecular weight excluding hydrogens is 756 g/mol. The van der Waals surface area contributed by atoms with Gasteiger partial charge < -0.3 is 35.1 Å². The van der Waals surface area contributed by atoms with Crippen molar-refractivity contribution in [1.82, 2.24) is 14.6 Å². The average Bonchev–Trinajstić information content (AvgIpc) is 3.74. The van der Waals surface area contributed by atoms with Gasteiger partial charge in [0.05, 0.1) is 43.8 Å². The number of aliphatic hydroxyl groups is 2. The molecule has 1 fully saturated rings. The van der Waals surface area contributed by atoms with Gasteiger partial charge in [-0.2, -0.15) is 10.4 Å². The molecule has 1 unspecified atom stereocenters. The van der Waals surface area contributed by atoms with Crippen LogP contribution in [-0.2, 0) is 40.0 Å². The Morgan fingerprint density at radius 2 is 1.70 bits per heavy atom. The maximum atomic E-state index is 14.6. The van der Waals surface area contributed by atoms with E-state index in [4.69, 9.17) is 34.3 Å². The fourth-order valence-corrected chi connectivity index (χ4v) is 7.56. The Kier molecular flexibility index (Phi) is 19.5. The number of hydrogen-bond acceptors (Lipinski definition) is 12. The molecule has 316 valence electrons. The molecule has 0 bridgehead atoms. The summed E-state index contributed by atoms with van der Waals surface area (Å²) in [6.45, 7) is 2.98. The van der Waals surface area contributed by atoms with Crippen LogP contribution in [0, 0.1) is 17.1 Å². The number of fused-ring (bicyclic) bond motifs is 1. The van der Waals surface area contributed by atoms with Crippen LogP contribution in [0.3, 0.4) is 0 Å². The Morgan fingerprint density at radius 1 is 1.02 bits per heavy atom. The van der Waals surface area contributed by atoms with E-state index in [9.17, 15) is 24.1 Å². The maximum Gasteiger partial charge on any atom is 0.472 e. The predicted molar refractivity (Wildman–Crippen MR) is 213 cm³/mol. The van der Waals surface area contributed by atoms with E-state index in [0.29, 0.717) is 17.8 Å². The molecule has 0 radical (unpaired) electrons. The first kappa shape index (κ1) is 46.4. The van der Waals surface area contributed by atoms with E-state index in [2.05, 4.69) is 29.2 Å². The van der Waals surface area contributed by atoms with Crippen molar-refractivity contribution < 1.29 is 47.3 Å². The van der Waals surface area contributed by atoms with E-state index in [0.717, 1.165) is 38.2 Å². The fourth-order valence-electron chi connectivity index (χ4n) is 6.79. The second-order valence-corrected chi connectivity index (χ2v) is 16.2. The summed E-state index contributed by atoms with van der Waals surface area (Å²) in [6, 6.07) is 9.17. The number of phosphoric acid groups is 1. The second kappa shape index (κ2) is 24.0. The highest BCUT2D eigenvalue weighted by atomic mass is 31.2. The van der Waals surface area contributed by atoms with E-state index >= 15 is 0 Å². The number of benzene rings is 1. The molecule has 1 aliphatic heterocycles. The van der Waals surface area contributed by atoms with Gasteiger partial charge in [-0.05, 0) is 63.3 Å². The highest BCUT2D eigenvalue weighted by Crippen LogP contribution is 2.46.